The number of sulfonamides is 1. The number of fused-ring (bicyclic) bond motifs is 1. The van der Waals surface area contributed by atoms with Crippen molar-refractivity contribution in [1.82, 2.24) is 8.54 Å². The van der Waals surface area contributed by atoms with Gasteiger partial charge in [0, 0.05) is 41.6 Å². The lowest BCUT2D eigenvalue weighted by atomic mass is 10.0. The summed E-state index contributed by atoms with van der Waals surface area (Å²) in [6.07, 6.45) is 4.93. The molecule has 0 radical (unpaired) electrons. The van der Waals surface area contributed by atoms with Crippen LogP contribution in [-0.2, 0) is 27.1 Å². The summed E-state index contributed by atoms with van der Waals surface area (Å²) in [5, 5.41) is 0.316. The molecule has 6 rings (SSSR count). The fraction of sp³-hybridized carbons (Fsp3) is 0.194. The van der Waals surface area contributed by atoms with Crippen molar-refractivity contribution >= 4 is 36.6 Å². The molecule has 0 atom stereocenters. The summed E-state index contributed by atoms with van der Waals surface area (Å²) in [4.78, 5) is 13.3. The topological polar surface area (TPSA) is 116 Å². The first-order valence-electron chi connectivity index (χ1n) is 13.5. The Labute approximate surface area is 248 Å². The van der Waals surface area contributed by atoms with E-state index in [1.165, 1.54) is 66.5 Å². The molecule has 1 fully saturated rings. The Morgan fingerprint density at radius 3 is 2.26 bits per heavy atom. The van der Waals surface area contributed by atoms with Crippen molar-refractivity contribution in [3.8, 4) is 16.9 Å². The first-order valence-corrected chi connectivity index (χ1v) is 16.4. The van der Waals surface area contributed by atoms with Crippen LogP contribution < -0.4 is 15.0 Å². The van der Waals surface area contributed by atoms with E-state index in [0.29, 0.717) is 34.8 Å². The van der Waals surface area contributed by atoms with Crippen LogP contribution in [0.15, 0.2) is 99.8 Å². The second-order valence-electron chi connectivity index (χ2n) is 10.7. The van der Waals surface area contributed by atoms with Gasteiger partial charge in [0.05, 0.1) is 16.4 Å². The zero-order valence-electron chi connectivity index (χ0n) is 23.3. The molecule has 0 saturated heterocycles. The first kappa shape index (κ1) is 28.7. The highest BCUT2D eigenvalue weighted by atomic mass is 32.2. The van der Waals surface area contributed by atoms with Crippen molar-refractivity contribution in [3.63, 3.8) is 0 Å². The second-order valence-corrected chi connectivity index (χ2v) is 14.2. The number of hydrogen-bond donors (Lipinski definition) is 1. The number of benzene rings is 3. The Kier molecular flexibility index (Phi) is 7.13. The minimum atomic E-state index is -4.13. The Morgan fingerprint density at radius 2 is 1.58 bits per heavy atom. The van der Waals surface area contributed by atoms with Crippen LogP contribution in [0.25, 0.3) is 22.0 Å². The lowest BCUT2D eigenvalue weighted by Crippen LogP contribution is -2.22. The molecule has 0 amide bonds. The van der Waals surface area contributed by atoms with Gasteiger partial charge in [-0.15, -0.1) is 0 Å². The number of ether oxygens (including phenoxy) is 1. The first-order chi connectivity index (χ1) is 20.4. The number of anilines is 1. The normalized spacial score (nSPS) is 13.7. The van der Waals surface area contributed by atoms with E-state index < -0.39 is 31.4 Å². The van der Waals surface area contributed by atoms with E-state index in [0.717, 1.165) is 34.5 Å². The molecule has 0 unspecified atom stereocenters. The number of aryl methyl sites for hydroxylation is 2. The van der Waals surface area contributed by atoms with Crippen LogP contribution in [0.3, 0.4) is 0 Å². The van der Waals surface area contributed by atoms with E-state index in [1.807, 2.05) is 6.92 Å². The second kappa shape index (κ2) is 10.7. The third-order valence-corrected chi connectivity index (χ3v) is 10.5. The van der Waals surface area contributed by atoms with Gasteiger partial charge in [-0.25, -0.2) is 25.2 Å². The Hall–Kier alpha value is -4.42. The Morgan fingerprint density at radius 1 is 0.907 bits per heavy atom. The van der Waals surface area contributed by atoms with E-state index in [4.69, 9.17) is 4.74 Å². The van der Waals surface area contributed by atoms with Gasteiger partial charge < -0.3 is 9.30 Å². The van der Waals surface area contributed by atoms with E-state index in [9.17, 15) is 26.0 Å². The maximum Gasteiger partial charge on any atom is 0.275 e. The van der Waals surface area contributed by atoms with Crippen LogP contribution >= 0.6 is 0 Å². The van der Waals surface area contributed by atoms with Crippen LogP contribution in [0.2, 0.25) is 0 Å². The SMILES string of the molecule is Cc1ccc(S(=O)(=O)n2ccc3c(-c4cc(S(=O)(=O)Nc5ccc(F)cc5)ccc4OCC4CC4)cn(C)c(=O)c32)cc1. The molecule has 1 aliphatic rings. The minimum absolute atomic E-state index is 0.0245. The molecular weight excluding hydrogens is 593 g/mol. The van der Waals surface area contributed by atoms with E-state index >= 15 is 0 Å². The van der Waals surface area contributed by atoms with Crippen molar-refractivity contribution in [2.45, 2.75) is 29.6 Å². The summed E-state index contributed by atoms with van der Waals surface area (Å²) in [6.45, 7) is 2.28. The number of nitrogens with one attached hydrogen (secondary N) is 1. The molecule has 9 nitrogen and oxygen atoms in total. The highest BCUT2D eigenvalue weighted by molar-refractivity contribution is 7.92. The summed E-state index contributed by atoms with van der Waals surface area (Å²) in [7, 11) is -6.75. The highest BCUT2D eigenvalue weighted by Crippen LogP contribution is 2.39. The van der Waals surface area contributed by atoms with E-state index in [1.54, 1.807) is 18.2 Å². The number of nitrogens with zero attached hydrogens (tertiary/aromatic N) is 2. The molecular formula is C31H28FN3O6S2. The molecule has 1 saturated carbocycles. The number of hydrogen-bond acceptors (Lipinski definition) is 6. The molecule has 2 aromatic heterocycles. The third kappa shape index (κ3) is 5.55. The number of aromatic nitrogens is 2. The van der Waals surface area contributed by atoms with E-state index in [2.05, 4.69) is 4.72 Å². The molecule has 43 heavy (non-hydrogen) atoms. The third-order valence-electron chi connectivity index (χ3n) is 7.39. The minimum Gasteiger partial charge on any atom is -0.493 e. The average Bonchev–Trinajstić information content (AvgIpc) is 3.70. The summed E-state index contributed by atoms with van der Waals surface area (Å²) in [6, 6.07) is 17.2. The molecule has 1 N–H and O–H groups in total. The number of pyridine rings is 1. The standard InChI is InChI=1S/C31H28FN3O6S2/c1-20-3-11-24(12-4-20)43(39,40)35-16-15-26-28(18-34(2)31(36)30(26)35)27-17-25(13-14-29(27)41-19-21-5-6-21)42(37,38)33-23-9-7-22(32)8-10-23/h3-4,7-18,21,33H,5-6,19H2,1-2H3. The van der Waals surface area contributed by atoms with Crippen molar-refractivity contribution < 1.29 is 26.0 Å². The molecule has 2 heterocycles. The molecule has 0 aliphatic heterocycles. The van der Waals surface area contributed by atoms with Gasteiger partial charge in [-0.1, -0.05) is 17.7 Å². The molecule has 0 bridgehead atoms. The zero-order chi connectivity index (χ0) is 30.5. The molecule has 222 valence electrons. The Bertz CT molecular complexity index is 2130. The number of halogens is 1. The largest absolute Gasteiger partial charge is 0.493 e. The fourth-order valence-electron chi connectivity index (χ4n) is 4.81. The van der Waals surface area contributed by atoms with Crippen LogP contribution in [0.1, 0.15) is 18.4 Å². The summed E-state index contributed by atoms with van der Waals surface area (Å²) in [5.74, 6) is 0.288. The van der Waals surface area contributed by atoms with Gasteiger partial charge in [-0.05, 0) is 86.3 Å². The Balaban J connectivity index is 1.52. The summed E-state index contributed by atoms with van der Waals surface area (Å²) < 4.78 is 78.2. The lowest BCUT2D eigenvalue weighted by Gasteiger charge is -2.16. The summed E-state index contributed by atoms with van der Waals surface area (Å²) >= 11 is 0. The fourth-order valence-corrected chi connectivity index (χ4v) is 7.24. The highest BCUT2D eigenvalue weighted by Gasteiger charge is 2.27. The average molecular weight is 622 g/mol. The number of rotatable bonds is 9. The zero-order valence-corrected chi connectivity index (χ0v) is 25.0. The molecule has 12 heteroatoms. The quantitative estimate of drug-likeness (QED) is 0.239. The van der Waals surface area contributed by atoms with Crippen LogP contribution in [0.5, 0.6) is 5.75 Å². The maximum atomic E-state index is 13.6. The van der Waals surface area contributed by atoms with Crippen molar-refractivity contribution in [2.24, 2.45) is 13.0 Å². The van der Waals surface area contributed by atoms with Crippen molar-refractivity contribution in [2.75, 3.05) is 11.3 Å². The molecule has 0 spiro atoms. The monoisotopic (exact) mass is 621 g/mol. The van der Waals surface area contributed by atoms with Gasteiger partial charge in [0.25, 0.3) is 25.6 Å². The van der Waals surface area contributed by atoms with Gasteiger partial charge >= 0.3 is 0 Å². The molecule has 1 aliphatic carbocycles. The van der Waals surface area contributed by atoms with Crippen molar-refractivity contribution in [3.05, 3.63) is 107 Å². The van der Waals surface area contributed by atoms with Gasteiger partial charge in [0.1, 0.15) is 17.1 Å². The predicted octanol–water partition coefficient (Wildman–Crippen LogP) is 5.28. The summed E-state index contributed by atoms with van der Waals surface area (Å²) in [5.41, 5.74) is 1.23. The smallest absolute Gasteiger partial charge is 0.275 e. The van der Waals surface area contributed by atoms with E-state index in [-0.39, 0.29) is 21.0 Å². The maximum absolute atomic E-state index is 13.6. The lowest BCUT2D eigenvalue weighted by molar-refractivity contribution is 0.301. The van der Waals surface area contributed by atoms with Crippen LogP contribution in [0, 0.1) is 18.7 Å². The van der Waals surface area contributed by atoms with Gasteiger partial charge in [0.2, 0.25) is 0 Å². The van der Waals surface area contributed by atoms with Crippen LogP contribution in [-0.4, -0.2) is 32.0 Å². The van der Waals surface area contributed by atoms with Gasteiger partial charge in [-0.3, -0.25) is 9.52 Å². The van der Waals surface area contributed by atoms with Gasteiger partial charge in [-0.2, -0.15) is 0 Å². The molecule has 5 aromatic rings. The van der Waals surface area contributed by atoms with Crippen LogP contribution in [0.4, 0.5) is 10.1 Å². The van der Waals surface area contributed by atoms with Crippen molar-refractivity contribution in [1.29, 1.82) is 0 Å². The molecule has 3 aromatic carbocycles. The van der Waals surface area contributed by atoms with Gasteiger partial charge in [0.15, 0.2) is 0 Å². The predicted molar refractivity (Wildman–Crippen MR) is 162 cm³/mol.